The lowest BCUT2D eigenvalue weighted by Gasteiger charge is -2.13. The summed E-state index contributed by atoms with van der Waals surface area (Å²) in [7, 11) is 1.52. The molecule has 0 atom stereocenters. The van der Waals surface area contributed by atoms with Crippen LogP contribution in [-0.2, 0) is 0 Å². The normalized spacial score (nSPS) is 10.8. The number of nitrogens with two attached hydrogens (primary N) is 1. The lowest BCUT2D eigenvalue weighted by atomic mass is 10.0. The minimum absolute atomic E-state index is 0.239. The predicted molar refractivity (Wildman–Crippen MR) is 104 cm³/mol. The standard InChI is InChI=1S/C20H15ClN4O/c1-26-20-19(22)24-17(12-6-3-2-4-7-12)18(25-20)14-10-13-8-5-9-23-16(13)15(21)11-14/h2-11H,1H3,(H2,22,24). The van der Waals surface area contributed by atoms with Crippen LogP contribution in [0.2, 0.25) is 5.02 Å². The summed E-state index contributed by atoms with van der Waals surface area (Å²) in [6.45, 7) is 0. The number of hydrogen-bond acceptors (Lipinski definition) is 5. The third kappa shape index (κ3) is 2.82. The van der Waals surface area contributed by atoms with Crippen LogP contribution in [0.5, 0.6) is 5.88 Å². The van der Waals surface area contributed by atoms with Crippen molar-refractivity contribution in [3.05, 3.63) is 65.8 Å². The van der Waals surface area contributed by atoms with Gasteiger partial charge in [-0.25, -0.2) is 9.97 Å². The van der Waals surface area contributed by atoms with Crippen molar-refractivity contribution in [1.29, 1.82) is 0 Å². The minimum atomic E-state index is 0.239. The third-order valence-corrected chi connectivity index (χ3v) is 4.35. The van der Waals surface area contributed by atoms with Gasteiger partial charge in [0.05, 0.1) is 23.3 Å². The largest absolute Gasteiger partial charge is 0.478 e. The van der Waals surface area contributed by atoms with Crippen molar-refractivity contribution < 1.29 is 4.74 Å². The Balaban J connectivity index is 2.01. The zero-order valence-electron chi connectivity index (χ0n) is 14.0. The van der Waals surface area contributed by atoms with Crippen LogP contribution in [0, 0.1) is 0 Å². The fraction of sp³-hybridized carbons (Fsp3) is 0.0500. The topological polar surface area (TPSA) is 73.9 Å². The van der Waals surface area contributed by atoms with E-state index in [-0.39, 0.29) is 11.7 Å². The molecule has 0 saturated heterocycles. The highest BCUT2D eigenvalue weighted by molar-refractivity contribution is 6.35. The summed E-state index contributed by atoms with van der Waals surface area (Å²) >= 11 is 6.45. The van der Waals surface area contributed by atoms with Crippen LogP contribution in [0.3, 0.4) is 0 Å². The molecule has 2 heterocycles. The van der Waals surface area contributed by atoms with E-state index in [1.165, 1.54) is 7.11 Å². The predicted octanol–water partition coefficient (Wildman–Crippen LogP) is 4.60. The highest BCUT2D eigenvalue weighted by atomic mass is 35.5. The number of nitrogens with zero attached hydrogens (tertiary/aromatic N) is 3. The van der Waals surface area contributed by atoms with Gasteiger partial charge in [0, 0.05) is 22.7 Å². The van der Waals surface area contributed by atoms with E-state index in [1.54, 1.807) is 6.20 Å². The molecule has 0 radical (unpaired) electrons. The molecule has 0 bridgehead atoms. The second kappa shape index (κ2) is 6.61. The van der Waals surface area contributed by atoms with Crippen LogP contribution in [0.4, 0.5) is 5.82 Å². The highest BCUT2D eigenvalue weighted by Crippen LogP contribution is 2.36. The van der Waals surface area contributed by atoms with E-state index in [4.69, 9.17) is 22.1 Å². The molecule has 26 heavy (non-hydrogen) atoms. The van der Waals surface area contributed by atoms with E-state index in [2.05, 4.69) is 15.0 Å². The number of methoxy groups -OCH3 is 1. The highest BCUT2D eigenvalue weighted by Gasteiger charge is 2.17. The first-order valence-corrected chi connectivity index (χ1v) is 8.36. The van der Waals surface area contributed by atoms with E-state index in [9.17, 15) is 0 Å². The molecule has 0 aliphatic carbocycles. The Morgan fingerprint density at radius 1 is 0.923 bits per heavy atom. The summed E-state index contributed by atoms with van der Waals surface area (Å²) in [6, 6.07) is 17.4. The monoisotopic (exact) mass is 362 g/mol. The molecule has 0 fully saturated rings. The molecule has 0 aliphatic heterocycles. The van der Waals surface area contributed by atoms with Crippen molar-refractivity contribution in [1.82, 2.24) is 15.0 Å². The number of rotatable bonds is 3. The molecule has 128 valence electrons. The Morgan fingerprint density at radius 3 is 2.46 bits per heavy atom. The van der Waals surface area contributed by atoms with Crippen molar-refractivity contribution in [3.63, 3.8) is 0 Å². The van der Waals surface area contributed by atoms with E-state index in [0.29, 0.717) is 16.4 Å². The number of halogens is 1. The summed E-state index contributed by atoms with van der Waals surface area (Å²) in [5.41, 5.74) is 9.79. The van der Waals surface area contributed by atoms with Crippen molar-refractivity contribution >= 4 is 28.3 Å². The van der Waals surface area contributed by atoms with E-state index in [1.807, 2.05) is 54.6 Å². The van der Waals surface area contributed by atoms with Gasteiger partial charge in [-0.2, -0.15) is 0 Å². The van der Waals surface area contributed by atoms with Gasteiger partial charge in [-0.05, 0) is 18.2 Å². The van der Waals surface area contributed by atoms with Crippen LogP contribution < -0.4 is 10.5 Å². The number of hydrogen-bond donors (Lipinski definition) is 1. The van der Waals surface area contributed by atoms with E-state index >= 15 is 0 Å². The number of nitrogen functional groups attached to an aromatic ring is 1. The lowest BCUT2D eigenvalue weighted by molar-refractivity contribution is 0.399. The zero-order valence-corrected chi connectivity index (χ0v) is 14.7. The average Bonchev–Trinajstić information content (AvgIpc) is 2.68. The van der Waals surface area contributed by atoms with Gasteiger partial charge in [-0.15, -0.1) is 0 Å². The number of fused-ring (bicyclic) bond motifs is 1. The second-order valence-electron chi connectivity index (χ2n) is 5.71. The molecular weight excluding hydrogens is 348 g/mol. The summed E-state index contributed by atoms with van der Waals surface area (Å²) in [4.78, 5) is 13.5. The molecule has 0 amide bonds. The fourth-order valence-corrected chi connectivity index (χ4v) is 3.14. The molecule has 0 saturated carbocycles. The SMILES string of the molecule is COc1nc(-c2cc(Cl)c3ncccc3c2)c(-c2ccccc2)nc1N. The van der Waals surface area contributed by atoms with Gasteiger partial charge in [-0.3, -0.25) is 4.98 Å². The molecule has 4 rings (SSSR count). The van der Waals surface area contributed by atoms with Crippen LogP contribution in [0.25, 0.3) is 33.4 Å². The number of benzene rings is 2. The maximum atomic E-state index is 6.45. The number of pyridine rings is 1. The van der Waals surface area contributed by atoms with Crippen molar-refractivity contribution in [3.8, 4) is 28.4 Å². The van der Waals surface area contributed by atoms with Crippen LogP contribution in [-0.4, -0.2) is 22.1 Å². The first-order chi connectivity index (χ1) is 12.7. The molecule has 5 nitrogen and oxygen atoms in total. The maximum Gasteiger partial charge on any atom is 0.257 e. The molecule has 2 N–H and O–H groups in total. The summed E-state index contributed by atoms with van der Waals surface area (Å²) in [6.07, 6.45) is 1.72. The molecular formula is C20H15ClN4O. The Morgan fingerprint density at radius 2 is 1.69 bits per heavy atom. The quantitative estimate of drug-likeness (QED) is 0.576. The first kappa shape index (κ1) is 16.3. The summed E-state index contributed by atoms with van der Waals surface area (Å²) in [5.74, 6) is 0.519. The van der Waals surface area contributed by atoms with E-state index < -0.39 is 0 Å². The molecule has 2 aromatic carbocycles. The first-order valence-electron chi connectivity index (χ1n) is 7.99. The number of anilines is 1. The molecule has 0 unspecified atom stereocenters. The van der Waals surface area contributed by atoms with Crippen molar-refractivity contribution in [2.24, 2.45) is 0 Å². The molecule has 4 aromatic rings. The second-order valence-corrected chi connectivity index (χ2v) is 6.12. The van der Waals surface area contributed by atoms with Crippen LogP contribution in [0.15, 0.2) is 60.8 Å². The van der Waals surface area contributed by atoms with Crippen molar-refractivity contribution in [2.75, 3.05) is 12.8 Å². The van der Waals surface area contributed by atoms with Gasteiger partial charge < -0.3 is 10.5 Å². The van der Waals surface area contributed by atoms with Gasteiger partial charge in [0.2, 0.25) is 0 Å². The van der Waals surface area contributed by atoms with Crippen LogP contribution in [0.1, 0.15) is 0 Å². The lowest BCUT2D eigenvalue weighted by Crippen LogP contribution is -2.03. The number of ether oxygens (including phenoxy) is 1. The Bertz CT molecular complexity index is 1100. The van der Waals surface area contributed by atoms with E-state index in [0.717, 1.165) is 22.0 Å². The van der Waals surface area contributed by atoms with Gasteiger partial charge >= 0.3 is 0 Å². The molecule has 2 aromatic heterocycles. The smallest absolute Gasteiger partial charge is 0.257 e. The Hall–Kier alpha value is -3.18. The third-order valence-electron chi connectivity index (χ3n) is 4.06. The van der Waals surface area contributed by atoms with Gasteiger partial charge in [0.1, 0.15) is 5.69 Å². The molecule has 6 heteroatoms. The van der Waals surface area contributed by atoms with Gasteiger partial charge in [0.15, 0.2) is 5.82 Å². The van der Waals surface area contributed by atoms with Crippen molar-refractivity contribution in [2.45, 2.75) is 0 Å². The van der Waals surface area contributed by atoms with Gasteiger partial charge in [-0.1, -0.05) is 48.0 Å². The summed E-state index contributed by atoms with van der Waals surface area (Å²) in [5, 5.41) is 1.47. The molecule has 0 aliphatic rings. The Kier molecular flexibility index (Phi) is 4.14. The Labute approximate surface area is 155 Å². The van der Waals surface area contributed by atoms with Crippen LogP contribution >= 0.6 is 11.6 Å². The fourth-order valence-electron chi connectivity index (χ4n) is 2.87. The minimum Gasteiger partial charge on any atom is -0.478 e. The summed E-state index contributed by atoms with van der Waals surface area (Å²) < 4.78 is 5.27. The molecule has 0 spiro atoms. The zero-order chi connectivity index (χ0) is 18.1. The maximum absolute atomic E-state index is 6.45. The average molecular weight is 363 g/mol. The number of aromatic nitrogens is 3. The van der Waals surface area contributed by atoms with Gasteiger partial charge in [0.25, 0.3) is 5.88 Å².